The van der Waals surface area contributed by atoms with Gasteiger partial charge in [-0.25, -0.2) is 0 Å². The highest BCUT2D eigenvalue weighted by Crippen LogP contribution is 2.23. The Labute approximate surface area is 196 Å². The van der Waals surface area contributed by atoms with Crippen molar-refractivity contribution in [3.63, 3.8) is 0 Å². The normalized spacial score (nSPS) is 17.9. The maximum Gasteiger partial charge on any atom is 0.227 e. The lowest BCUT2D eigenvalue weighted by Gasteiger charge is -2.34. The Kier molecular flexibility index (Phi) is 7.78. The van der Waals surface area contributed by atoms with Crippen molar-refractivity contribution in [2.24, 2.45) is 5.92 Å². The van der Waals surface area contributed by atoms with Gasteiger partial charge in [-0.15, -0.1) is 0 Å². The number of piperidine rings is 1. The molecule has 0 radical (unpaired) electrons. The van der Waals surface area contributed by atoms with E-state index in [2.05, 4.69) is 41.0 Å². The van der Waals surface area contributed by atoms with Crippen molar-refractivity contribution in [2.45, 2.75) is 71.1 Å². The molecule has 2 aliphatic rings. The predicted octanol–water partition coefficient (Wildman–Crippen LogP) is 4.43. The summed E-state index contributed by atoms with van der Waals surface area (Å²) in [6.07, 6.45) is 6.98. The lowest BCUT2D eigenvalue weighted by atomic mass is 9.95. The fourth-order valence-electron chi connectivity index (χ4n) is 4.79. The summed E-state index contributed by atoms with van der Waals surface area (Å²) < 4.78 is 5.38. The van der Waals surface area contributed by atoms with E-state index in [0.29, 0.717) is 49.5 Å². The highest BCUT2D eigenvalue weighted by atomic mass is 16.5. The number of aromatic nitrogens is 2. The number of rotatable bonds is 6. The van der Waals surface area contributed by atoms with Crippen LogP contribution < -0.4 is 0 Å². The minimum atomic E-state index is 0.0627. The zero-order valence-electron chi connectivity index (χ0n) is 20.0. The molecule has 0 aliphatic carbocycles. The van der Waals surface area contributed by atoms with E-state index in [1.54, 1.807) is 0 Å². The molecule has 0 bridgehead atoms. The van der Waals surface area contributed by atoms with Crippen LogP contribution in [0.5, 0.6) is 0 Å². The molecular weight excluding hydrogens is 416 g/mol. The van der Waals surface area contributed by atoms with E-state index in [4.69, 9.17) is 4.52 Å². The van der Waals surface area contributed by atoms with Gasteiger partial charge >= 0.3 is 0 Å². The largest absolute Gasteiger partial charge is 0.343 e. The van der Waals surface area contributed by atoms with Crippen molar-refractivity contribution >= 4 is 11.8 Å². The fraction of sp³-hybridized carbons (Fsp3) is 0.615. The predicted molar refractivity (Wildman–Crippen MR) is 126 cm³/mol. The highest BCUT2D eigenvalue weighted by molar-refractivity contribution is 5.80. The highest BCUT2D eigenvalue weighted by Gasteiger charge is 2.30. The first kappa shape index (κ1) is 23.5. The van der Waals surface area contributed by atoms with Gasteiger partial charge in [-0.05, 0) is 37.2 Å². The van der Waals surface area contributed by atoms with Crippen molar-refractivity contribution in [3.05, 3.63) is 35.7 Å². The molecule has 2 amide bonds. The SMILES string of the molecule is CC(C)c1ccc(-c2noc(CCC(=O)N3CCC(C(=O)N4CCCCCC4)CC3)n2)cc1. The van der Waals surface area contributed by atoms with Crippen LogP contribution in [0.25, 0.3) is 11.4 Å². The molecule has 0 spiro atoms. The molecule has 0 atom stereocenters. The van der Waals surface area contributed by atoms with Crippen LogP contribution in [0.15, 0.2) is 28.8 Å². The average molecular weight is 453 g/mol. The van der Waals surface area contributed by atoms with Gasteiger partial charge in [-0.2, -0.15) is 4.98 Å². The Morgan fingerprint density at radius 3 is 2.27 bits per heavy atom. The van der Waals surface area contributed by atoms with Crippen LogP contribution in [0, 0.1) is 5.92 Å². The van der Waals surface area contributed by atoms with Gasteiger partial charge in [0.2, 0.25) is 23.5 Å². The van der Waals surface area contributed by atoms with Crippen molar-refractivity contribution in [3.8, 4) is 11.4 Å². The minimum absolute atomic E-state index is 0.0627. The Balaban J connectivity index is 1.23. The molecule has 1 aromatic heterocycles. The molecule has 2 saturated heterocycles. The Morgan fingerprint density at radius 1 is 0.970 bits per heavy atom. The molecule has 2 fully saturated rings. The summed E-state index contributed by atoms with van der Waals surface area (Å²) in [6, 6.07) is 8.18. The number of hydrogen-bond donors (Lipinski definition) is 0. The van der Waals surface area contributed by atoms with Crippen LogP contribution in [0.3, 0.4) is 0 Å². The zero-order valence-corrected chi connectivity index (χ0v) is 20.0. The number of amides is 2. The van der Waals surface area contributed by atoms with Crippen LogP contribution in [0.2, 0.25) is 0 Å². The molecule has 0 unspecified atom stereocenters. The topological polar surface area (TPSA) is 79.5 Å². The molecule has 2 aliphatic heterocycles. The van der Waals surface area contributed by atoms with Crippen LogP contribution in [-0.2, 0) is 16.0 Å². The number of likely N-dealkylation sites (tertiary alicyclic amines) is 2. The quantitative estimate of drug-likeness (QED) is 0.648. The first-order chi connectivity index (χ1) is 16.0. The average Bonchev–Trinajstić information content (AvgIpc) is 3.15. The number of aryl methyl sites for hydroxylation is 1. The van der Waals surface area contributed by atoms with Crippen LogP contribution in [-0.4, -0.2) is 57.9 Å². The number of carbonyl (C=O) groups excluding carboxylic acids is 2. The summed E-state index contributed by atoms with van der Waals surface area (Å²) in [5.74, 6) is 1.97. The molecule has 0 N–H and O–H groups in total. The minimum Gasteiger partial charge on any atom is -0.343 e. The molecule has 2 aromatic rings. The number of nitrogens with zero attached hydrogens (tertiary/aromatic N) is 4. The van der Waals surface area contributed by atoms with E-state index in [1.807, 2.05) is 17.0 Å². The summed E-state index contributed by atoms with van der Waals surface area (Å²) >= 11 is 0. The molecule has 4 rings (SSSR count). The Hall–Kier alpha value is -2.70. The third kappa shape index (κ3) is 6.01. The molecular formula is C26H36N4O3. The summed E-state index contributed by atoms with van der Waals surface area (Å²) in [7, 11) is 0. The van der Waals surface area contributed by atoms with Crippen LogP contribution in [0.4, 0.5) is 0 Å². The first-order valence-electron chi connectivity index (χ1n) is 12.5. The fourth-order valence-corrected chi connectivity index (χ4v) is 4.79. The number of benzene rings is 1. The Bertz CT molecular complexity index is 921. The van der Waals surface area contributed by atoms with E-state index in [9.17, 15) is 9.59 Å². The molecule has 7 nitrogen and oxygen atoms in total. The van der Waals surface area contributed by atoms with E-state index in [-0.39, 0.29) is 11.8 Å². The van der Waals surface area contributed by atoms with Gasteiger partial charge in [-0.1, -0.05) is 56.1 Å². The smallest absolute Gasteiger partial charge is 0.227 e. The molecule has 178 valence electrons. The molecule has 0 saturated carbocycles. The molecule has 1 aromatic carbocycles. The number of carbonyl (C=O) groups is 2. The van der Waals surface area contributed by atoms with Gasteiger partial charge in [0.05, 0.1) is 0 Å². The van der Waals surface area contributed by atoms with Gasteiger partial charge in [0.1, 0.15) is 0 Å². The van der Waals surface area contributed by atoms with Crippen LogP contribution in [0.1, 0.15) is 76.2 Å². The monoisotopic (exact) mass is 452 g/mol. The van der Waals surface area contributed by atoms with Crippen molar-refractivity contribution in [2.75, 3.05) is 26.2 Å². The lowest BCUT2D eigenvalue weighted by molar-refractivity contribution is -0.140. The van der Waals surface area contributed by atoms with Crippen LogP contribution >= 0.6 is 0 Å². The van der Waals surface area contributed by atoms with E-state index in [1.165, 1.54) is 18.4 Å². The van der Waals surface area contributed by atoms with Gasteiger partial charge < -0.3 is 14.3 Å². The summed E-state index contributed by atoms with van der Waals surface area (Å²) in [6.45, 7) is 7.42. The van der Waals surface area contributed by atoms with Crippen molar-refractivity contribution in [1.82, 2.24) is 19.9 Å². The Morgan fingerprint density at radius 2 is 1.64 bits per heavy atom. The molecule has 7 heteroatoms. The summed E-state index contributed by atoms with van der Waals surface area (Å²) in [4.78, 5) is 34.0. The van der Waals surface area contributed by atoms with Gasteiger partial charge in [0.15, 0.2) is 0 Å². The summed E-state index contributed by atoms with van der Waals surface area (Å²) in [5, 5.41) is 4.08. The second-order valence-corrected chi connectivity index (χ2v) is 9.68. The standard InChI is InChI=1S/C26H36N4O3/c1-19(2)20-7-9-21(10-8-20)25-27-23(33-28-25)11-12-24(31)29-17-13-22(14-18-29)26(32)30-15-5-3-4-6-16-30/h7-10,19,22H,3-6,11-18H2,1-2H3. The van der Waals surface area contributed by atoms with E-state index in [0.717, 1.165) is 44.3 Å². The summed E-state index contributed by atoms with van der Waals surface area (Å²) in [5.41, 5.74) is 2.18. The van der Waals surface area contributed by atoms with Gasteiger partial charge in [0.25, 0.3) is 0 Å². The first-order valence-corrected chi connectivity index (χ1v) is 12.5. The maximum atomic E-state index is 12.9. The second-order valence-electron chi connectivity index (χ2n) is 9.68. The van der Waals surface area contributed by atoms with Gasteiger partial charge in [-0.3, -0.25) is 9.59 Å². The maximum absolute atomic E-state index is 12.9. The lowest BCUT2D eigenvalue weighted by Crippen LogP contribution is -2.44. The number of hydrogen-bond acceptors (Lipinski definition) is 5. The van der Waals surface area contributed by atoms with E-state index < -0.39 is 0 Å². The zero-order chi connectivity index (χ0) is 23.2. The van der Waals surface area contributed by atoms with Crippen molar-refractivity contribution in [1.29, 1.82) is 0 Å². The van der Waals surface area contributed by atoms with Gasteiger partial charge in [0, 0.05) is 50.5 Å². The van der Waals surface area contributed by atoms with E-state index >= 15 is 0 Å². The molecule has 33 heavy (non-hydrogen) atoms. The molecule has 3 heterocycles. The third-order valence-corrected chi connectivity index (χ3v) is 6.97. The second kappa shape index (κ2) is 10.9. The third-order valence-electron chi connectivity index (χ3n) is 6.97. The van der Waals surface area contributed by atoms with Crippen molar-refractivity contribution < 1.29 is 14.1 Å².